The number of carbonyl (C=O) groups excluding carboxylic acids is 1. The Morgan fingerprint density at radius 3 is 2.41 bits per heavy atom. The summed E-state index contributed by atoms with van der Waals surface area (Å²) in [5, 5.41) is 0. The van der Waals surface area contributed by atoms with Crippen LogP contribution in [0.1, 0.15) is 12.5 Å². The van der Waals surface area contributed by atoms with Crippen LogP contribution in [0, 0.1) is 0 Å². The number of benzene rings is 1. The van der Waals surface area contributed by atoms with Gasteiger partial charge in [0.05, 0.1) is 12.8 Å². The monoisotopic (exact) mass is 236 g/mol. The first kappa shape index (κ1) is 13.4. The predicted molar refractivity (Wildman–Crippen MR) is 69.5 cm³/mol. The van der Waals surface area contributed by atoms with E-state index in [1.807, 2.05) is 37.2 Å². The van der Waals surface area contributed by atoms with Gasteiger partial charge in [-0.15, -0.1) is 0 Å². The summed E-state index contributed by atoms with van der Waals surface area (Å²) in [6.07, 6.45) is 0. The number of hydrogen-bond donors (Lipinski definition) is 0. The van der Waals surface area contributed by atoms with E-state index in [4.69, 9.17) is 4.74 Å². The third kappa shape index (κ3) is 3.37. The molecule has 1 aromatic rings. The molecule has 1 amide bonds. The van der Waals surface area contributed by atoms with Crippen molar-refractivity contribution in [2.24, 2.45) is 0 Å². The van der Waals surface area contributed by atoms with E-state index in [9.17, 15) is 4.79 Å². The van der Waals surface area contributed by atoms with E-state index in [-0.39, 0.29) is 5.91 Å². The normalized spacial score (nSPS) is 9.94. The minimum absolute atomic E-state index is 0.0562. The number of hydrogen-bond acceptors (Lipinski definition) is 3. The molecule has 4 nitrogen and oxygen atoms in total. The van der Waals surface area contributed by atoms with E-state index in [0.717, 1.165) is 17.0 Å². The van der Waals surface area contributed by atoms with Gasteiger partial charge in [-0.25, -0.2) is 0 Å². The standard InChI is InChI=1S/C13H20N2O2/c1-10(16)15(4)9-11-6-7-12(14(2)3)13(8-11)17-5/h6-8H,9H2,1-5H3. The molecule has 0 heterocycles. The summed E-state index contributed by atoms with van der Waals surface area (Å²) >= 11 is 0. The maximum atomic E-state index is 11.2. The second-order valence-electron chi connectivity index (χ2n) is 4.28. The van der Waals surface area contributed by atoms with Gasteiger partial charge in [0.15, 0.2) is 0 Å². The summed E-state index contributed by atoms with van der Waals surface area (Å²) in [6, 6.07) is 5.98. The van der Waals surface area contributed by atoms with Gasteiger partial charge in [-0.3, -0.25) is 4.79 Å². The van der Waals surface area contributed by atoms with Crippen LogP contribution >= 0.6 is 0 Å². The number of nitrogens with zero attached hydrogens (tertiary/aromatic N) is 2. The average molecular weight is 236 g/mol. The largest absolute Gasteiger partial charge is 0.495 e. The van der Waals surface area contributed by atoms with Crippen molar-refractivity contribution in [3.05, 3.63) is 23.8 Å². The number of rotatable bonds is 4. The van der Waals surface area contributed by atoms with Crippen molar-refractivity contribution in [2.75, 3.05) is 33.2 Å². The topological polar surface area (TPSA) is 32.8 Å². The zero-order chi connectivity index (χ0) is 13.0. The molecule has 0 aliphatic heterocycles. The van der Waals surface area contributed by atoms with Crippen molar-refractivity contribution in [2.45, 2.75) is 13.5 Å². The number of anilines is 1. The minimum atomic E-state index is 0.0562. The molecule has 0 unspecified atom stereocenters. The second-order valence-corrected chi connectivity index (χ2v) is 4.28. The fourth-order valence-corrected chi connectivity index (χ4v) is 1.58. The number of methoxy groups -OCH3 is 1. The summed E-state index contributed by atoms with van der Waals surface area (Å²) in [4.78, 5) is 14.8. The summed E-state index contributed by atoms with van der Waals surface area (Å²) in [5.41, 5.74) is 2.09. The molecule has 0 spiro atoms. The van der Waals surface area contributed by atoms with Crippen LogP contribution in [-0.4, -0.2) is 39.1 Å². The number of amides is 1. The van der Waals surface area contributed by atoms with E-state index >= 15 is 0 Å². The van der Waals surface area contributed by atoms with Crippen LogP contribution < -0.4 is 9.64 Å². The van der Waals surface area contributed by atoms with Crippen LogP contribution in [0.3, 0.4) is 0 Å². The molecule has 0 bridgehead atoms. The smallest absolute Gasteiger partial charge is 0.219 e. The first-order valence-corrected chi connectivity index (χ1v) is 5.51. The average Bonchev–Trinajstić information content (AvgIpc) is 2.28. The highest BCUT2D eigenvalue weighted by Gasteiger charge is 2.08. The van der Waals surface area contributed by atoms with E-state index in [2.05, 4.69) is 0 Å². The third-order valence-corrected chi connectivity index (χ3v) is 2.68. The van der Waals surface area contributed by atoms with Gasteiger partial charge in [-0.1, -0.05) is 6.07 Å². The maximum Gasteiger partial charge on any atom is 0.219 e. The highest BCUT2D eigenvalue weighted by molar-refractivity contribution is 5.73. The first-order valence-electron chi connectivity index (χ1n) is 5.51. The predicted octanol–water partition coefficient (Wildman–Crippen LogP) is 1.74. The molecular formula is C13H20N2O2. The van der Waals surface area contributed by atoms with Crippen molar-refractivity contribution in [1.82, 2.24) is 4.90 Å². The van der Waals surface area contributed by atoms with Crippen LogP contribution in [-0.2, 0) is 11.3 Å². The molecule has 0 atom stereocenters. The Labute approximate surface area is 103 Å². The van der Waals surface area contributed by atoms with Crippen LogP contribution in [0.4, 0.5) is 5.69 Å². The van der Waals surface area contributed by atoms with Gasteiger partial charge in [0.25, 0.3) is 0 Å². The Hall–Kier alpha value is -1.71. The molecule has 4 heteroatoms. The van der Waals surface area contributed by atoms with Crippen LogP contribution in [0.2, 0.25) is 0 Å². The molecule has 0 fully saturated rings. The summed E-state index contributed by atoms with van der Waals surface area (Å²) in [6.45, 7) is 2.16. The molecule has 17 heavy (non-hydrogen) atoms. The van der Waals surface area contributed by atoms with Crippen molar-refractivity contribution < 1.29 is 9.53 Å². The summed E-state index contributed by atoms with van der Waals surface area (Å²) in [7, 11) is 7.38. The second kappa shape index (κ2) is 5.57. The van der Waals surface area contributed by atoms with E-state index in [1.54, 1.807) is 26.0 Å². The molecule has 0 aromatic heterocycles. The van der Waals surface area contributed by atoms with Gasteiger partial charge in [0, 0.05) is 34.6 Å². The third-order valence-electron chi connectivity index (χ3n) is 2.68. The first-order chi connectivity index (χ1) is 7.95. The SMILES string of the molecule is COc1cc(CN(C)C(C)=O)ccc1N(C)C. The molecule has 0 aliphatic carbocycles. The Bertz CT molecular complexity index is 402. The minimum Gasteiger partial charge on any atom is -0.495 e. The van der Waals surface area contributed by atoms with Crippen molar-refractivity contribution >= 4 is 11.6 Å². The van der Waals surface area contributed by atoms with Crippen molar-refractivity contribution in [1.29, 1.82) is 0 Å². The van der Waals surface area contributed by atoms with Crippen molar-refractivity contribution in [3.63, 3.8) is 0 Å². The van der Waals surface area contributed by atoms with Gasteiger partial charge in [0.1, 0.15) is 5.75 Å². The van der Waals surface area contributed by atoms with Gasteiger partial charge in [0.2, 0.25) is 5.91 Å². The van der Waals surface area contributed by atoms with Gasteiger partial charge < -0.3 is 14.5 Å². The molecular weight excluding hydrogens is 216 g/mol. The molecule has 0 N–H and O–H groups in total. The Balaban J connectivity index is 2.93. The fraction of sp³-hybridized carbons (Fsp3) is 0.462. The Morgan fingerprint density at radius 1 is 1.29 bits per heavy atom. The van der Waals surface area contributed by atoms with Gasteiger partial charge >= 0.3 is 0 Å². The molecule has 94 valence electrons. The van der Waals surface area contributed by atoms with Gasteiger partial charge in [-0.2, -0.15) is 0 Å². The molecule has 1 rings (SSSR count). The van der Waals surface area contributed by atoms with Crippen molar-refractivity contribution in [3.8, 4) is 5.75 Å². The lowest BCUT2D eigenvalue weighted by Gasteiger charge is -2.19. The zero-order valence-corrected chi connectivity index (χ0v) is 11.2. The Kier molecular flexibility index (Phi) is 4.37. The Morgan fingerprint density at radius 2 is 1.94 bits per heavy atom. The van der Waals surface area contributed by atoms with Crippen LogP contribution in [0.25, 0.3) is 0 Å². The fourth-order valence-electron chi connectivity index (χ4n) is 1.58. The molecule has 0 saturated heterocycles. The van der Waals surface area contributed by atoms with Gasteiger partial charge in [-0.05, 0) is 17.7 Å². The lowest BCUT2D eigenvalue weighted by atomic mass is 10.1. The molecule has 0 saturated carbocycles. The van der Waals surface area contributed by atoms with E-state index in [1.165, 1.54) is 0 Å². The van der Waals surface area contributed by atoms with E-state index < -0.39 is 0 Å². The molecule has 0 radical (unpaired) electrons. The highest BCUT2D eigenvalue weighted by Crippen LogP contribution is 2.28. The highest BCUT2D eigenvalue weighted by atomic mass is 16.5. The maximum absolute atomic E-state index is 11.2. The lowest BCUT2D eigenvalue weighted by Crippen LogP contribution is -2.23. The van der Waals surface area contributed by atoms with Crippen LogP contribution in [0.15, 0.2) is 18.2 Å². The van der Waals surface area contributed by atoms with Crippen LogP contribution in [0.5, 0.6) is 5.75 Å². The summed E-state index contributed by atoms with van der Waals surface area (Å²) < 4.78 is 5.34. The number of carbonyl (C=O) groups is 1. The molecule has 0 aliphatic rings. The zero-order valence-electron chi connectivity index (χ0n) is 11.2. The van der Waals surface area contributed by atoms with E-state index in [0.29, 0.717) is 6.54 Å². The number of ether oxygens (including phenoxy) is 1. The quantitative estimate of drug-likeness (QED) is 0.798. The summed E-state index contributed by atoms with van der Waals surface area (Å²) in [5.74, 6) is 0.880. The molecule has 1 aromatic carbocycles. The lowest BCUT2D eigenvalue weighted by molar-refractivity contribution is -0.128.